The van der Waals surface area contributed by atoms with E-state index in [2.05, 4.69) is 9.71 Å². The Bertz CT molecular complexity index is 1190. The number of H-pyrrole nitrogens is 1. The van der Waals surface area contributed by atoms with Crippen LogP contribution in [0.2, 0.25) is 0 Å². The fraction of sp³-hybridized carbons (Fsp3) is 0.391. The van der Waals surface area contributed by atoms with Crippen LogP contribution in [0.4, 0.5) is 0 Å². The highest BCUT2D eigenvalue weighted by Crippen LogP contribution is 2.28. The molecule has 170 valence electrons. The molecule has 32 heavy (non-hydrogen) atoms. The largest absolute Gasteiger partial charge is 0.383 e. The van der Waals surface area contributed by atoms with E-state index in [1.807, 2.05) is 31.2 Å². The molecule has 1 aliphatic rings. The lowest BCUT2D eigenvalue weighted by Crippen LogP contribution is -2.39. The highest BCUT2D eigenvalue weighted by Gasteiger charge is 2.29. The van der Waals surface area contributed by atoms with Crippen molar-refractivity contribution in [3.8, 4) is 0 Å². The molecule has 2 heterocycles. The lowest BCUT2D eigenvalue weighted by atomic mass is 9.96. The Kier molecular flexibility index (Phi) is 6.59. The number of carbonyl (C=O) groups excluding carboxylic acids is 1. The maximum Gasteiger partial charge on any atom is 0.254 e. The van der Waals surface area contributed by atoms with E-state index >= 15 is 0 Å². The molecule has 0 radical (unpaired) electrons. The molecule has 0 unspecified atom stereocenters. The molecule has 9 heteroatoms. The lowest BCUT2D eigenvalue weighted by molar-refractivity contribution is 0.0704. The Morgan fingerprint density at radius 1 is 1.28 bits per heavy atom. The van der Waals surface area contributed by atoms with E-state index in [0.717, 1.165) is 35.3 Å². The quantitative estimate of drug-likeness (QED) is 0.532. The van der Waals surface area contributed by atoms with Crippen molar-refractivity contribution in [3.63, 3.8) is 0 Å². The summed E-state index contributed by atoms with van der Waals surface area (Å²) in [5.41, 5.74) is 3.06. The van der Waals surface area contributed by atoms with Gasteiger partial charge in [-0.15, -0.1) is 0 Å². The number of aryl methyl sites for hydroxylation is 1. The van der Waals surface area contributed by atoms with Crippen molar-refractivity contribution in [3.05, 3.63) is 59.4 Å². The molecule has 0 aliphatic carbocycles. The first-order chi connectivity index (χ1) is 15.4. The number of hydrogen-bond donors (Lipinski definition) is 2. The second-order valence-electron chi connectivity index (χ2n) is 8.10. The van der Waals surface area contributed by atoms with Crippen molar-refractivity contribution < 1.29 is 17.9 Å². The number of aromatic amines is 1. The zero-order chi connectivity index (χ0) is 22.7. The summed E-state index contributed by atoms with van der Waals surface area (Å²) in [7, 11) is -2.21. The lowest BCUT2D eigenvalue weighted by Gasteiger charge is -2.32. The maximum atomic E-state index is 13.4. The summed E-state index contributed by atoms with van der Waals surface area (Å²) in [6.07, 6.45) is 1.81. The van der Waals surface area contributed by atoms with Crippen molar-refractivity contribution in [1.82, 2.24) is 19.6 Å². The number of amides is 1. The van der Waals surface area contributed by atoms with Crippen LogP contribution in [0, 0.1) is 6.92 Å². The zero-order valence-corrected chi connectivity index (χ0v) is 19.1. The first-order valence-electron chi connectivity index (χ1n) is 10.7. The highest BCUT2D eigenvalue weighted by molar-refractivity contribution is 7.89. The minimum Gasteiger partial charge on any atom is -0.383 e. The third kappa shape index (κ3) is 4.69. The number of piperidine rings is 1. The van der Waals surface area contributed by atoms with E-state index < -0.39 is 10.0 Å². The third-order valence-corrected chi connectivity index (χ3v) is 7.31. The van der Waals surface area contributed by atoms with Gasteiger partial charge in [-0.1, -0.05) is 18.2 Å². The number of aromatic nitrogens is 2. The second-order valence-corrected chi connectivity index (χ2v) is 9.86. The normalized spacial score (nSPS) is 17.1. The van der Waals surface area contributed by atoms with Crippen molar-refractivity contribution in [1.29, 1.82) is 0 Å². The predicted molar refractivity (Wildman–Crippen MR) is 122 cm³/mol. The van der Waals surface area contributed by atoms with Gasteiger partial charge in [-0.05, 0) is 49.6 Å². The van der Waals surface area contributed by atoms with Gasteiger partial charge in [-0.2, -0.15) is 0 Å². The molecule has 1 saturated heterocycles. The summed E-state index contributed by atoms with van der Waals surface area (Å²) in [6.45, 7) is 3.44. The van der Waals surface area contributed by atoms with E-state index in [9.17, 15) is 13.2 Å². The molecule has 1 atom stereocenters. The fourth-order valence-electron chi connectivity index (χ4n) is 4.08. The van der Waals surface area contributed by atoms with Crippen LogP contribution in [-0.4, -0.2) is 62.5 Å². The van der Waals surface area contributed by atoms with Gasteiger partial charge in [-0.25, -0.2) is 18.1 Å². The van der Waals surface area contributed by atoms with Crippen molar-refractivity contribution >= 4 is 27.0 Å². The van der Waals surface area contributed by atoms with Crippen LogP contribution in [0.5, 0.6) is 0 Å². The van der Waals surface area contributed by atoms with Crippen molar-refractivity contribution in [2.45, 2.75) is 30.6 Å². The second kappa shape index (κ2) is 9.40. The van der Waals surface area contributed by atoms with E-state index in [1.165, 1.54) is 19.2 Å². The SMILES string of the molecule is COCCNS(=O)(=O)c1ccc(C)c(C(=O)N2CCC[C@@H](c3nc4ccccc4[nH]3)C2)c1. The van der Waals surface area contributed by atoms with Crippen molar-refractivity contribution in [2.75, 3.05) is 33.4 Å². The number of benzene rings is 2. The molecule has 1 amide bonds. The Morgan fingerprint density at radius 3 is 2.88 bits per heavy atom. The monoisotopic (exact) mass is 456 g/mol. The van der Waals surface area contributed by atoms with E-state index in [-0.39, 0.29) is 29.9 Å². The number of fused-ring (bicyclic) bond motifs is 1. The fourth-order valence-corrected chi connectivity index (χ4v) is 5.12. The van der Waals surface area contributed by atoms with Gasteiger partial charge in [0.05, 0.1) is 22.5 Å². The Labute approximate surface area is 188 Å². The average Bonchev–Trinajstić information content (AvgIpc) is 3.23. The van der Waals surface area contributed by atoms with Crippen LogP contribution in [0.25, 0.3) is 11.0 Å². The molecular formula is C23H28N4O4S. The third-order valence-electron chi connectivity index (χ3n) is 5.85. The Morgan fingerprint density at radius 2 is 2.09 bits per heavy atom. The summed E-state index contributed by atoms with van der Waals surface area (Å²) in [5.74, 6) is 0.847. The average molecular weight is 457 g/mol. The Hall–Kier alpha value is -2.75. The number of likely N-dealkylation sites (tertiary alicyclic amines) is 1. The van der Waals surface area contributed by atoms with Gasteiger partial charge >= 0.3 is 0 Å². The van der Waals surface area contributed by atoms with Crippen LogP contribution in [-0.2, 0) is 14.8 Å². The van der Waals surface area contributed by atoms with E-state index in [1.54, 1.807) is 11.0 Å². The number of carbonyl (C=O) groups is 1. The van der Waals surface area contributed by atoms with Gasteiger partial charge in [0.15, 0.2) is 0 Å². The number of nitrogens with zero attached hydrogens (tertiary/aromatic N) is 2. The number of hydrogen-bond acceptors (Lipinski definition) is 5. The van der Waals surface area contributed by atoms with Crippen LogP contribution in [0.15, 0.2) is 47.4 Å². The molecular weight excluding hydrogens is 428 g/mol. The minimum absolute atomic E-state index is 0.0772. The standard InChI is InChI=1S/C23H28N4O4S/c1-16-9-10-18(32(29,30)24-11-13-31-2)14-19(16)23(28)27-12-5-6-17(15-27)22-25-20-7-3-4-8-21(20)26-22/h3-4,7-10,14,17,24H,5-6,11-13,15H2,1-2H3,(H,25,26)/t17-/m1/s1. The molecule has 8 nitrogen and oxygen atoms in total. The number of nitrogens with one attached hydrogen (secondary N) is 2. The number of para-hydroxylation sites is 2. The number of rotatable bonds is 7. The zero-order valence-electron chi connectivity index (χ0n) is 18.3. The van der Waals surface area contributed by atoms with Crippen LogP contribution < -0.4 is 4.72 Å². The molecule has 1 fully saturated rings. The molecule has 3 aromatic rings. The number of methoxy groups -OCH3 is 1. The van der Waals surface area contributed by atoms with Crippen LogP contribution in [0.1, 0.15) is 40.5 Å². The molecule has 2 aromatic carbocycles. The maximum absolute atomic E-state index is 13.4. The molecule has 1 aromatic heterocycles. The first kappa shape index (κ1) is 22.4. The van der Waals surface area contributed by atoms with Gasteiger partial charge in [0, 0.05) is 38.2 Å². The molecule has 0 bridgehead atoms. The van der Waals surface area contributed by atoms with E-state index in [4.69, 9.17) is 9.72 Å². The number of imidazole rings is 1. The van der Waals surface area contributed by atoms with Crippen LogP contribution >= 0.6 is 0 Å². The van der Waals surface area contributed by atoms with Gasteiger partial charge < -0.3 is 14.6 Å². The van der Waals surface area contributed by atoms with E-state index in [0.29, 0.717) is 18.7 Å². The van der Waals surface area contributed by atoms with Gasteiger partial charge in [0.1, 0.15) is 5.82 Å². The van der Waals surface area contributed by atoms with Gasteiger partial charge in [0.25, 0.3) is 5.91 Å². The molecule has 4 rings (SSSR count). The summed E-state index contributed by atoms with van der Waals surface area (Å²) < 4.78 is 32.6. The molecule has 0 saturated carbocycles. The smallest absolute Gasteiger partial charge is 0.254 e. The highest BCUT2D eigenvalue weighted by atomic mass is 32.2. The van der Waals surface area contributed by atoms with Gasteiger partial charge in [-0.3, -0.25) is 4.79 Å². The summed E-state index contributed by atoms with van der Waals surface area (Å²) >= 11 is 0. The molecule has 2 N–H and O–H groups in total. The minimum atomic E-state index is -3.72. The Balaban J connectivity index is 1.54. The first-order valence-corrected chi connectivity index (χ1v) is 12.2. The number of ether oxygens (including phenoxy) is 1. The van der Waals surface area contributed by atoms with Crippen LogP contribution in [0.3, 0.4) is 0 Å². The summed E-state index contributed by atoms with van der Waals surface area (Å²) in [6, 6.07) is 12.6. The topological polar surface area (TPSA) is 104 Å². The molecule has 1 aliphatic heterocycles. The number of sulfonamides is 1. The molecule has 0 spiro atoms. The van der Waals surface area contributed by atoms with Gasteiger partial charge in [0.2, 0.25) is 10.0 Å². The predicted octanol–water partition coefficient (Wildman–Crippen LogP) is 2.82. The summed E-state index contributed by atoms with van der Waals surface area (Å²) in [5, 5.41) is 0. The van der Waals surface area contributed by atoms with Crippen molar-refractivity contribution in [2.24, 2.45) is 0 Å². The summed E-state index contributed by atoms with van der Waals surface area (Å²) in [4.78, 5) is 23.3.